The molecule has 6 heteroatoms. The topological polar surface area (TPSA) is 49.4 Å². The first-order chi connectivity index (χ1) is 12.3. The molecule has 0 saturated carbocycles. The van der Waals surface area contributed by atoms with E-state index in [1.807, 2.05) is 38.1 Å². The van der Waals surface area contributed by atoms with Gasteiger partial charge in [-0.15, -0.1) is 0 Å². The number of para-hydroxylation sites is 1. The number of nitrogens with zero attached hydrogens (tertiary/aromatic N) is 1. The van der Waals surface area contributed by atoms with E-state index < -0.39 is 17.5 Å². The van der Waals surface area contributed by atoms with Crippen molar-refractivity contribution in [3.8, 4) is 0 Å². The number of nitrogens with one attached hydrogen (secondary N) is 1. The molecular weight excluding hydrogens is 338 g/mol. The molecule has 0 fully saturated rings. The Labute approximate surface area is 151 Å². The fourth-order valence-electron chi connectivity index (χ4n) is 2.69. The molecule has 0 radical (unpaired) electrons. The van der Waals surface area contributed by atoms with Gasteiger partial charge in [0, 0.05) is 31.6 Å². The summed E-state index contributed by atoms with van der Waals surface area (Å²) in [5, 5.41) is 2.40. The first kappa shape index (κ1) is 19.6. The van der Waals surface area contributed by atoms with Gasteiger partial charge in [0.05, 0.1) is 5.69 Å². The summed E-state index contributed by atoms with van der Waals surface area (Å²) in [5.74, 6) is -1.97. The van der Waals surface area contributed by atoms with Gasteiger partial charge in [0.1, 0.15) is 11.6 Å². The number of hydrogen-bond acceptors (Lipinski definition) is 2. The van der Waals surface area contributed by atoms with Gasteiger partial charge in [-0.05, 0) is 29.7 Å². The average Bonchev–Trinajstić information content (AvgIpc) is 2.57. The maximum atomic E-state index is 13.6. The number of hydrogen-bond donors (Lipinski definition) is 1. The normalized spacial score (nSPS) is 10.7. The third-order valence-corrected chi connectivity index (χ3v) is 4.00. The van der Waals surface area contributed by atoms with E-state index in [1.54, 1.807) is 0 Å². The molecule has 2 aromatic rings. The Balaban J connectivity index is 2.09. The standard InChI is InChI=1S/C20H22F2N2O2/c1-13(2)16-6-4-5-7-19(16)24(14(3)25)11-10-20(26)23-18-9-8-15(21)12-17(18)22/h4-9,12-13H,10-11H2,1-3H3,(H,23,26). The number of benzene rings is 2. The van der Waals surface area contributed by atoms with Crippen molar-refractivity contribution in [2.75, 3.05) is 16.8 Å². The molecule has 4 nitrogen and oxygen atoms in total. The molecule has 0 unspecified atom stereocenters. The number of amides is 2. The van der Waals surface area contributed by atoms with Crippen LogP contribution in [0.15, 0.2) is 42.5 Å². The second-order valence-corrected chi connectivity index (χ2v) is 6.31. The summed E-state index contributed by atoms with van der Waals surface area (Å²) in [6.45, 7) is 5.66. The lowest BCUT2D eigenvalue weighted by Gasteiger charge is -2.25. The molecule has 0 aromatic heterocycles. The third kappa shape index (κ3) is 4.88. The summed E-state index contributed by atoms with van der Waals surface area (Å²) in [4.78, 5) is 25.7. The van der Waals surface area contributed by atoms with E-state index in [0.29, 0.717) is 6.07 Å². The minimum absolute atomic E-state index is 0.0111. The van der Waals surface area contributed by atoms with Crippen LogP contribution in [0.5, 0.6) is 0 Å². The molecular formula is C20H22F2N2O2. The van der Waals surface area contributed by atoms with Crippen molar-refractivity contribution in [2.45, 2.75) is 33.1 Å². The van der Waals surface area contributed by atoms with Crippen LogP contribution in [-0.2, 0) is 9.59 Å². The summed E-state index contributed by atoms with van der Waals surface area (Å²) in [6.07, 6.45) is -0.0111. The van der Waals surface area contributed by atoms with Gasteiger partial charge in [0.2, 0.25) is 11.8 Å². The summed E-state index contributed by atoms with van der Waals surface area (Å²) in [6, 6.07) is 10.5. The first-order valence-corrected chi connectivity index (χ1v) is 8.41. The largest absolute Gasteiger partial charge is 0.324 e. The van der Waals surface area contributed by atoms with E-state index in [1.165, 1.54) is 17.9 Å². The van der Waals surface area contributed by atoms with Crippen LogP contribution in [-0.4, -0.2) is 18.4 Å². The highest BCUT2D eigenvalue weighted by molar-refractivity contribution is 5.95. The summed E-state index contributed by atoms with van der Waals surface area (Å²) in [7, 11) is 0. The van der Waals surface area contributed by atoms with Gasteiger partial charge in [0.15, 0.2) is 0 Å². The second-order valence-electron chi connectivity index (χ2n) is 6.31. The lowest BCUT2D eigenvalue weighted by atomic mass is 10.0. The molecule has 0 aliphatic heterocycles. The zero-order chi connectivity index (χ0) is 19.3. The lowest BCUT2D eigenvalue weighted by Crippen LogP contribution is -2.32. The Hall–Kier alpha value is -2.76. The number of rotatable bonds is 6. The van der Waals surface area contributed by atoms with Gasteiger partial charge in [-0.3, -0.25) is 9.59 Å². The minimum Gasteiger partial charge on any atom is -0.324 e. The van der Waals surface area contributed by atoms with Crippen molar-refractivity contribution < 1.29 is 18.4 Å². The van der Waals surface area contributed by atoms with Gasteiger partial charge in [-0.2, -0.15) is 0 Å². The summed E-state index contributed by atoms with van der Waals surface area (Å²) >= 11 is 0. The van der Waals surface area contributed by atoms with Crippen LogP contribution in [0.2, 0.25) is 0 Å². The van der Waals surface area contributed by atoms with Crippen LogP contribution in [0.3, 0.4) is 0 Å². The van der Waals surface area contributed by atoms with Crippen LogP contribution >= 0.6 is 0 Å². The Morgan fingerprint density at radius 1 is 1.12 bits per heavy atom. The van der Waals surface area contributed by atoms with Gasteiger partial charge >= 0.3 is 0 Å². The number of carbonyl (C=O) groups is 2. The van der Waals surface area contributed by atoms with Crippen LogP contribution in [0.4, 0.5) is 20.2 Å². The average molecular weight is 360 g/mol. The molecule has 0 heterocycles. The van der Waals surface area contributed by atoms with E-state index >= 15 is 0 Å². The predicted molar refractivity (Wildman–Crippen MR) is 98.2 cm³/mol. The molecule has 138 valence electrons. The van der Waals surface area contributed by atoms with Crippen LogP contribution in [0.25, 0.3) is 0 Å². The Bertz CT molecular complexity index is 806. The molecule has 0 aliphatic rings. The molecule has 1 N–H and O–H groups in total. The number of carbonyl (C=O) groups excluding carboxylic acids is 2. The van der Waals surface area contributed by atoms with E-state index in [2.05, 4.69) is 5.32 Å². The molecule has 0 spiro atoms. The van der Waals surface area contributed by atoms with Crippen LogP contribution < -0.4 is 10.2 Å². The minimum atomic E-state index is -0.841. The van der Waals surface area contributed by atoms with Crippen molar-refractivity contribution in [3.05, 3.63) is 59.7 Å². The fraction of sp³-hybridized carbons (Fsp3) is 0.300. The highest BCUT2D eigenvalue weighted by Crippen LogP contribution is 2.27. The monoisotopic (exact) mass is 360 g/mol. The van der Waals surface area contributed by atoms with Gasteiger partial charge < -0.3 is 10.2 Å². The van der Waals surface area contributed by atoms with Crippen molar-refractivity contribution in [1.82, 2.24) is 0 Å². The van der Waals surface area contributed by atoms with E-state index in [-0.39, 0.29) is 30.5 Å². The predicted octanol–water partition coefficient (Wildman–Crippen LogP) is 4.47. The third-order valence-electron chi connectivity index (χ3n) is 4.00. The van der Waals surface area contributed by atoms with Crippen molar-refractivity contribution in [3.63, 3.8) is 0 Å². The Kier molecular flexibility index (Phi) is 6.44. The number of halogens is 2. The quantitative estimate of drug-likeness (QED) is 0.826. The zero-order valence-electron chi connectivity index (χ0n) is 15.1. The summed E-state index contributed by atoms with van der Waals surface area (Å²) in [5.41, 5.74) is 1.68. The molecule has 2 amide bonds. The van der Waals surface area contributed by atoms with E-state index in [0.717, 1.165) is 17.3 Å². The zero-order valence-corrected chi connectivity index (χ0v) is 15.1. The Morgan fingerprint density at radius 3 is 2.42 bits per heavy atom. The molecule has 0 aliphatic carbocycles. The molecule has 0 atom stereocenters. The molecule has 0 saturated heterocycles. The molecule has 0 bridgehead atoms. The van der Waals surface area contributed by atoms with Gasteiger partial charge in [-0.25, -0.2) is 8.78 Å². The highest BCUT2D eigenvalue weighted by atomic mass is 19.1. The van der Waals surface area contributed by atoms with Gasteiger partial charge in [0.25, 0.3) is 0 Å². The van der Waals surface area contributed by atoms with Crippen LogP contribution in [0, 0.1) is 11.6 Å². The van der Waals surface area contributed by atoms with E-state index in [9.17, 15) is 18.4 Å². The molecule has 2 aromatic carbocycles. The summed E-state index contributed by atoms with van der Waals surface area (Å²) < 4.78 is 26.5. The molecule has 2 rings (SSSR count). The maximum absolute atomic E-state index is 13.6. The van der Waals surface area contributed by atoms with Gasteiger partial charge in [-0.1, -0.05) is 32.0 Å². The smallest absolute Gasteiger partial charge is 0.226 e. The first-order valence-electron chi connectivity index (χ1n) is 8.41. The highest BCUT2D eigenvalue weighted by Gasteiger charge is 2.18. The second kappa shape index (κ2) is 8.56. The van der Waals surface area contributed by atoms with Crippen molar-refractivity contribution in [2.24, 2.45) is 0 Å². The van der Waals surface area contributed by atoms with Crippen LogP contribution in [0.1, 0.15) is 38.7 Å². The SMILES string of the molecule is CC(=O)N(CCC(=O)Nc1ccc(F)cc1F)c1ccccc1C(C)C. The van der Waals surface area contributed by atoms with Crippen molar-refractivity contribution in [1.29, 1.82) is 0 Å². The lowest BCUT2D eigenvalue weighted by molar-refractivity contribution is -0.117. The van der Waals surface area contributed by atoms with E-state index in [4.69, 9.17) is 0 Å². The number of anilines is 2. The molecule has 26 heavy (non-hydrogen) atoms. The maximum Gasteiger partial charge on any atom is 0.226 e. The van der Waals surface area contributed by atoms with Crippen molar-refractivity contribution >= 4 is 23.2 Å². The fourth-order valence-corrected chi connectivity index (χ4v) is 2.69. The Morgan fingerprint density at radius 2 is 1.81 bits per heavy atom.